The van der Waals surface area contributed by atoms with Gasteiger partial charge in [-0.05, 0) is 23.4 Å². The van der Waals surface area contributed by atoms with Crippen LogP contribution in [0.3, 0.4) is 0 Å². The number of nitrogens with one attached hydrogen (secondary N) is 1. The van der Waals surface area contributed by atoms with Gasteiger partial charge in [0.1, 0.15) is 6.04 Å². The number of rotatable bonds is 7. The van der Waals surface area contributed by atoms with Crippen LogP contribution in [-0.2, 0) is 20.8 Å². The van der Waals surface area contributed by atoms with Crippen LogP contribution in [0.4, 0.5) is 0 Å². The summed E-state index contributed by atoms with van der Waals surface area (Å²) in [5, 5.41) is 21.4. The molecule has 0 spiro atoms. The van der Waals surface area contributed by atoms with Gasteiger partial charge in [-0.1, -0.05) is 11.6 Å². The standard InChI is InChI=1S/C11H12ClNO5S/c12-8-3-6(5-19-8)4-9(14)13-7(11(17)18)1-2-10(15)16/h3,5,7H,1-2,4H2,(H,13,14)(H,15,16)(H,17,18)/t7-/m0/s1. The number of carbonyl (C=O) groups is 3. The molecule has 0 bridgehead atoms. The number of halogens is 1. The van der Waals surface area contributed by atoms with Crippen LogP contribution in [0.15, 0.2) is 11.4 Å². The molecule has 104 valence electrons. The third kappa shape index (κ3) is 5.71. The van der Waals surface area contributed by atoms with Gasteiger partial charge in [0.2, 0.25) is 5.91 Å². The Morgan fingerprint density at radius 1 is 1.37 bits per heavy atom. The molecule has 0 saturated carbocycles. The molecular weight excluding hydrogens is 294 g/mol. The van der Waals surface area contributed by atoms with E-state index in [9.17, 15) is 14.4 Å². The summed E-state index contributed by atoms with van der Waals surface area (Å²) in [5.74, 6) is -2.84. The zero-order valence-electron chi connectivity index (χ0n) is 9.76. The van der Waals surface area contributed by atoms with Gasteiger partial charge >= 0.3 is 11.9 Å². The molecule has 0 unspecified atom stereocenters. The van der Waals surface area contributed by atoms with Gasteiger partial charge in [-0.2, -0.15) is 0 Å². The molecule has 0 saturated heterocycles. The topological polar surface area (TPSA) is 104 Å². The van der Waals surface area contributed by atoms with Crippen molar-refractivity contribution < 1.29 is 24.6 Å². The third-order valence-corrected chi connectivity index (χ3v) is 3.41. The lowest BCUT2D eigenvalue weighted by Crippen LogP contribution is -2.41. The van der Waals surface area contributed by atoms with Gasteiger partial charge in [0.05, 0.1) is 10.8 Å². The molecule has 0 aromatic carbocycles. The zero-order valence-corrected chi connectivity index (χ0v) is 11.3. The Labute approximate surface area is 118 Å². The second-order valence-corrected chi connectivity index (χ2v) is 5.37. The number of carbonyl (C=O) groups excluding carboxylic acids is 1. The molecule has 0 aliphatic carbocycles. The van der Waals surface area contributed by atoms with E-state index in [1.54, 1.807) is 11.4 Å². The summed E-state index contributed by atoms with van der Waals surface area (Å²) in [4.78, 5) is 32.9. The van der Waals surface area contributed by atoms with Gasteiger partial charge in [-0.3, -0.25) is 9.59 Å². The van der Waals surface area contributed by atoms with Crippen LogP contribution >= 0.6 is 22.9 Å². The largest absolute Gasteiger partial charge is 0.481 e. The molecule has 0 aliphatic heterocycles. The van der Waals surface area contributed by atoms with Crippen molar-refractivity contribution in [3.63, 3.8) is 0 Å². The lowest BCUT2D eigenvalue weighted by atomic mass is 10.1. The minimum Gasteiger partial charge on any atom is -0.481 e. The molecule has 19 heavy (non-hydrogen) atoms. The molecule has 1 atom stereocenters. The van der Waals surface area contributed by atoms with Crippen molar-refractivity contribution in [3.05, 3.63) is 21.3 Å². The van der Waals surface area contributed by atoms with Gasteiger partial charge in [0.25, 0.3) is 0 Å². The zero-order chi connectivity index (χ0) is 14.4. The fourth-order valence-corrected chi connectivity index (χ4v) is 2.30. The average Bonchev–Trinajstić information content (AvgIpc) is 2.69. The molecule has 0 aliphatic rings. The Hall–Kier alpha value is -1.60. The summed E-state index contributed by atoms with van der Waals surface area (Å²) in [6, 6.07) is 0.427. The highest BCUT2D eigenvalue weighted by atomic mass is 35.5. The highest BCUT2D eigenvalue weighted by Gasteiger charge is 2.21. The quantitative estimate of drug-likeness (QED) is 0.706. The number of carboxylic acids is 2. The summed E-state index contributed by atoms with van der Waals surface area (Å²) in [7, 11) is 0. The Bertz CT molecular complexity index is 487. The SMILES string of the molecule is O=C(O)CC[C@H](NC(=O)Cc1csc(Cl)c1)C(=O)O. The van der Waals surface area contributed by atoms with Crippen molar-refractivity contribution in [1.82, 2.24) is 5.32 Å². The Morgan fingerprint density at radius 3 is 2.53 bits per heavy atom. The first kappa shape index (κ1) is 15.5. The predicted octanol–water partition coefficient (Wildman–Crippen LogP) is 1.38. The van der Waals surface area contributed by atoms with Crippen molar-refractivity contribution in [1.29, 1.82) is 0 Å². The second kappa shape index (κ2) is 7.10. The molecule has 1 rings (SSSR count). The van der Waals surface area contributed by atoms with Crippen molar-refractivity contribution in [3.8, 4) is 0 Å². The van der Waals surface area contributed by atoms with Crippen LogP contribution < -0.4 is 5.32 Å². The first-order chi connectivity index (χ1) is 8.88. The monoisotopic (exact) mass is 305 g/mol. The van der Waals surface area contributed by atoms with Crippen LogP contribution in [0.25, 0.3) is 0 Å². The summed E-state index contributed by atoms with van der Waals surface area (Å²) >= 11 is 6.99. The maximum absolute atomic E-state index is 11.6. The molecule has 6 nitrogen and oxygen atoms in total. The number of hydrogen-bond acceptors (Lipinski definition) is 4. The molecule has 1 aromatic rings. The Balaban J connectivity index is 2.51. The van der Waals surface area contributed by atoms with Crippen LogP contribution in [-0.4, -0.2) is 34.1 Å². The van der Waals surface area contributed by atoms with E-state index in [1.807, 2.05) is 0 Å². The minimum absolute atomic E-state index is 0.0140. The number of thiophene rings is 1. The van der Waals surface area contributed by atoms with Crippen molar-refractivity contribution in [2.24, 2.45) is 0 Å². The summed E-state index contributed by atoms with van der Waals surface area (Å²) in [6.45, 7) is 0. The van der Waals surface area contributed by atoms with Crippen molar-refractivity contribution in [2.75, 3.05) is 0 Å². The molecule has 1 aromatic heterocycles. The first-order valence-corrected chi connectivity index (χ1v) is 6.61. The predicted molar refractivity (Wildman–Crippen MR) is 69.5 cm³/mol. The van der Waals surface area contributed by atoms with Gasteiger partial charge in [0.15, 0.2) is 0 Å². The maximum atomic E-state index is 11.6. The summed E-state index contributed by atoms with van der Waals surface area (Å²) in [5.41, 5.74) is 0.690. The van der Waals surface area contributed by atoms with E-state index in [4.69, 9.17) is 21.8 Å². The lowest BCUT2D eigenvalue weighted by Gasteiger charge is -2.13. The Morgan fingerprint density at radius 2 is 2.05 bits per heavy atom. The first-order valence-electron chi connectivity index (χ1n) is 5.35. The van der Waals surface area contributed by atoms with Crippen LogP contribution in [0.5, 0.6) is 0 Å². The van der Waals surface area contributed by atoms with E-state index in [-0.39, 0.29) is 19.3 Å². The molecule has 0 radical (unpaired) electrons. The minimum atomic E-state index is -1.25. The molecule has 0 fully saturated rings. The van der Waals surface area contributed by atoms with Crippen molar-refractivity contribution in [2.45, 2.75) is 25.3 Å². The normalized spacial score (nSPS) is 11.8. The highest BCUT2D eigenvalue weighted by molar-refractivity contribution is 7.14. The van der Waals surface area contributed by atoms with E-state index in [2.05, 4.69) is 5.32 Å². The van der Waals surface area contributed by atoms with Gasteiger partial charge < -0.3 is 15.5 Å². The molecule has 8 heteroatoms. The molecular formula is C11H12ClNO5S. The van der Waals surface area contributed by atoms with E-state index in [0.29, 0.717) is 9.90 Å². The maximum Gasteiger partial charge on any atom is 0.326 e. The number of hydrogen-bond donors (Lipinski definition) is 3. The van der Waals surface area contributed by atoms with E-state index in [1.165, 1.54) is 11.3 Å². The van der Waals surface area contributed by atoms with Gasteiger partial charge in [-0.15, -0.1) is 11.3 Å². The lowest BCUT2D eigenvalue weighted by molar-refractivity contribution is -0.143. The van der Waals surface area contributed by atoms with Crippen LogP contribution in [0.1, 0.15) is 18.4 Å². The fraction of sp³-hybridized carbons (Fsp3) is 0.364. The van der Waals surface area contributed by atoms with Gasteiger partial charge in [-0.25, -0.2) is 4.79 Å². The van der Waals surface area contributed by atoms with E-state index in [0.717, 1.165) is 0 Å². The number of aliphatic carboxylic acids is 2. The molecule has 1 heterocycles. The third-order valence-electron chi connectivity index (χ3n) is 2.27. The average molecular weight is 306 g/mol. The second-order valence-electron chi connectivity index (χ2n) is 3.83. The smallest absolute Gasteiger partial charge is 0.326 e. The number of carboxylic acid groups (broad SMARTS) is 2. The Kier molecular flexibility index (Phi) is 5.78. The highest BCUT2D eigenvalue weighted by Crippen LogP contribution is 2.20. The van der Waals surface area contributed by atoms with E-state index < -0.39 is 23.9 Å². The van der Waals surface area contributed by atoms with Crippen LogP contribution in [0.2, 0.25) is 4.34 Å². The number of amides is 1. The fourth-order valence-electron chi connectivity index (χ4n) is 1.39. The van der Waals surface area contributed by atoms with E-state index >= 15 is 0 Å². The molecule has 1 amide bonds. The van der Waals surface area contributed by atoms with Gasteiger partial charge in [0, 0.05) is 6.42 Å². The van der Waals surface area contributed by atoms with Crippen molar-refractivity contribution >= 4 is 40.8 Å². The molecule has 3 N–H and O–H groups in total. The van der Waals surface area contributed by atoms with Crippen LogP contribution in [0, 0.1) is 0 Å². The summed E-state index contributed by atoms with van der Waals surface area (Å²) < 4.78 is 0.545. The summed E-state index contributed by atoms with van der Waals surface area (Å²) in [6.07, 6.45) is -0.456.